The van der Waals surface area contributed by atoms with Crippen LogP contribution in [0.4, 0.5) is 0 Å². The van der Waals surface area contributed by atoms with Crippen molar-refractivity contribution >= 4 is 5.91 Å². The molecule has 0 atom stereocenters. The zero-order chi connectivity index (χ0) is 17.1. The normalized spacial score (nSPS) is 13.8. The third-order valence-electron chi connectivity index (χ3n) is 4.38. The number of carbonyl (C=O) groups is 1. The zero-order valence-corrected chi connectivity index (χ0v) is 14.1. The molecule has 2 aromatic heterocycles. The summed E-state index contributed by atoms with van der Waals surface area (Å²) in [6, 6.07) is 1.75. The van der Waals surface area contributed by atoms with E-state index in [4.69, 9.17) is 0 Å². The summed E-state index contributed by atoms with van der Waals surface area (Å²) in [5, 5.41) is 10.8. The van der Waals surface area contributed by atoms with E-state index in [1.165, 1.54) is 0 Å². The van der Waals surface area contributed by atoms with Gasteiger partial charge < -0.3 is 14.9 Å². The Morgan fingerprint density at radius 3 is 2.96 bits per heavy atom. The summed E-state index contributed by atoms with van der Waals surface area (Å²) in [5.74, 6) is 0.825. The molecule has 24 heavy (non-hydrogen) atoms. The van der Waals surface area contributed by atoms with Crippen LogP contribution in [0.5, 0.6) is 0 Å². The molecular weight excluding hydrogens is 306 g/mol. The van der Waals surface area contributed by atoms with Gasteiger partial charge in [-0.2, -0.15) is 0 Å². The first-order chi connectivity index (χ1) is 11.6. The van der Waals surface area contributed by atoms with Crippen LogP contribution in [0.15, 0.2) is 17.2 Å². The molecule has 1 amide bonds. The monoisotopic (exact) mass is 329 g/mol. The lowest BCUT2D eigenvalue weighted by molar-refractivity contribution is 0.0950. The molecule has 0 aliphatic heterocycles. The van der Waals surface area contributed by atoms with E-state index in [0.717, 1.165) is 42.8 Å². The molecule has 0 radical (unpaired) electrons. The standard InChI is InChI=1S/C17H23N5O2/c1-11(2)15-21-19-10-22(15)8-7-18-16(23)13-9-12-5-3-4-6-14(12)20-17(13)24/h9-11H,3-8H2,1-2H3,(H,18,23)(H,20,24). The number of hydrogen-bond acceptors (Lipinski definition) is 4. The van der Waals surface area contributed by atoms with Gasteiger partial charge in [-0.1, -0.05) is 13.8 Å². The molecule has 0 aromatic carbocycles. The van der Waals surface area contributed by atoms with Crippen LogP contribution in [0.2, 0.25) is 0 Å². The van der Waals surface area contributed by atoms with E-state index in [2.05, 4.69) is 20.5 Å². The van der Waals surface area contributed by atoms with Gasteiger partial charge in [0.1, 0.15) is 17.7 Å². The average Bonchev–Trinajstić information content (AvgIpc) is 3.03. The molecule has 0 unspecified atom stereocenters. The van der Waals surface area contributed by atoms with Crippen LogP contribution in [0.1, 0.15) is 60.0 Å². The second-order valence-corrected chi connectivity index (χ2v) is 6.52. The van der Waals surface area contributed by atoms with Gasteiger partial charge in [0.25, 0.3) is 11.5 Å². The fourth-order valence-electron chi connectivity index (χ4n) is 3.11. The van der Waals surface area contributed by atoms with Crippen molar-refractivity contribution in [1.29, 1.82) is 0 Å². The third-order valence-corrected chi connectivity index (χ3v) is 4.38. The van der Waals surface area contributed by atoms with Gasteiger partial charge >= 0.3 is 0 Å². The van der Waals surface area contributed by atoms with E-state index in [1.807, 2.05) is 18.4 Å². The average molecular weight is 329 g/mol. The highest BCUT2D eigenvalue weighted by Crippen LogP contribution is 2.18. The van der Waals surface area contributed by atoms with Crippen LogP contribution in [-0.4, -0.2) is 32.2 Å². The smallest absolute Gasteiger partial charge is 0.261 e. The Labute approximate surface area is 140 Å². The molecule has 0 saturated carbocycles. The van der Waals surface area contributed by atoms with E-state index in [1.54, 1.807) is 12.4 Å². The van der Waals surface area contributed by atoms with Gasteiger partial charge in [0, 0.05) is 24.7 Å². The first-order valence-electron chi connectivity index (χ1n) is 8.47. The van der Waals surface area contributed by atoms with Gasteiger partial charge in [-0.25, -0.2) is 0 Å². The molecule has 7 heteroatoms. The minimum absolute atomic E-state index is 0.198. The van der Waals surface area contributed by atoms with Crippen LogP contribution in [0.25, 0.3) is 0 Å². The van der Waals surface area contributed by atoms with Gasteiger partial charge in [-0.05, 0) is 37.3 Å². The molecule has 0 fully saturated rings. The number of rotatable bonds is 5. The second-order valence-electron chi connectivity index (χ2n) is 6.52. The molecular formula is C17H23N5O2. The van der Waals surface area contributed by atoms with Crippen LogP contribution in [0.3, 0.4) is 0 Å². The molecule has 128 valence electrons. The number of aromatic amines is 1. The van der Waals surface area contributed by atoms with E-state index < -0.39 is 0 Å². The Morgan fingerprint density at radius 1 is 1.38 bits per heavy atom. The second kappa shape index (κ2) is 6.98. The quantitative estimate of drug-likeness (QED) is 0.867. The van der Waals surface area contributed by atoms with Gasteiger partial charge in [0.2, 0.25) is 0 Å². The number of amides is 1. The molecule has 1 aliphatic rings. The van der Waals surface area contributed by atoms with Gasteiger partial charge in [0.15, 0.2) is 0 Å². The summed E-state index contributed by atoms with van der Waals surface area (Å²) in [6.45, 7) is 5.10. The molecule has 0 bridgehead atoms. The maximum Gasteiger partial charge on any atom is 0.261 e. The topological polar surface area (TPSA) is 92.7 Å². The summed E-state index contributed by atoms with van der Waals surface area (Å²) in [4.78, 5) is 27.3. The minimum atomic E-state index is -0.330. The van der Waals surface area contributed by atoms with E-state index >= 15 is 0 Å². The lowest BCUT2D eigenvalue weighted by atomic mass is 9.95. The SMILES string of the molecule is CC(C)c1nncn1CCNC(=O)c1cc2c([nH]c1=O)CCCC2. The summed E-state index contributed by atoms with van der Waals surface area (Å²) in [6.07, 6.45) is 5.66. The predicted molar refractivity (Wildman–Crippen MR) is 90.1 cm³/mol. The number of nitrogens with zero attached hydrogens (tertiary/aromatic N) is 3. The molecule has 2 heterocycles. The fourth-order valence-corrected chi connectivity index (χ4v) is 3.11. The maximum absolute atomic E-state index is 12.3. The van der Waals surface area contributed by atoms with Crippen LogP contribution >= 0.6 is 0 Å². The highest BCUT2D eigenvalue weighted by atomic mass is 16.2. The van der Waals surface area contributed by atoms with Crippen molar-refractivity contribution in [3.63, 3.8) is 0 Å². The molecule has 7 nitrogen and oxygen atoms in total. The van der Waals surface area contributed by atoms with Gasteiger partial charge in [-0.3, -0.25) is 9.59 Å². The lowest BCUT2D eigenvalue weighted by Crippen LogP contribution is -2.33. The Morgan fingerprint density at radius 2 is 2.17 bits per heavy atom. The maximum atomic E-state index is 12.3. The van der Waals surface area contributed by atoms with Gasteiger partial charge in [0.05, 0.1) is 0 Å². The number of carbonyl (C=O) groups excluding carboxylic acids is 1. The van der Waals surface area contributed by atoms with Crippen LogP contribution in [0, 0.1) is 0 Å². The third kappa shape index (κ3) is 3.39. The van der Waals surface area contributed by atoms with Crippen molar-refractivity contribution in [3.8, 4) is 0 Å². The van der Waals surface area contributed by atoms with Crippen molar-refractivity contribution in [2.45, 2.75) is 52.0 Å². The van der Waals surface area contributed by atoms with E-state index in [9.17, 15) is 9.59 Å². The molecule has 1 aliphatic carbocycles. The van der Waals surface area contributed by atoms with Gasteiger partial charge in [-0.15, -0.1) is 10.2 Å². The van der Waals surface area contributed by atoms with Crippen molar-refractivity contribution in [2.75, 3.05) is 6.54 Å². The van der Waals surface area contributed by atoms with Crippen LogP contribution < -0.4 is 10.9 Å². The number of aryl methyl sites for hydroxylation is 2. The summed E-state index contributed by atoms with van der Waals surface area (Å²) >= 11 is 0. The Hall–Kier alpha value is -2.44. The molecule has 2 aromatic rings. The number of H-pyrrole nitrogens is 1. The minimum Gasteiger partial charge on any atom is -0.350 e. The predicted octanol–water partition coefficient (Wildman–Crippen LogP) is 1.40. The summed E-state index contributed by atoms with van der Waals surface area (Å²) in [7, 11) is 0. The molecule has 3 rings (SSSR count). The fraction of sp³-hybridized carbons (Fsp3) is 0.529. The number of fused-ring (bicyclic) bond motifs is 1. The number of nitrogens with one attached hydrogen (secondary N) is 2. The zero-order valence-electron chi connectivity index (χ0n) is 14.1. The van der Waals surface area contributed by atoms with E-state index in [-0.39, 0.29) is 22.9 Å². The van der Waals surface area contributed by atoms with Crippen molar-refractivity contribution < 1.29 is 4.79 Å². The number of hydrogen-bond donors (Lipinski definition) is 2. The Bertz CT molecular complexity index is 791. The number of aromatic nitrogens is 4. The highest BCUT2D eigenvalue weighted by molar-refractivity contribution is 5.94. The van der Waals surface area contributed by atoms with Crippen molar-refractivity contribution in [3.05, 3.63) is 45.4 Å². The first kappa shape index (κ1) is 16.4. The summed E-state index contributed by atoms with van der Waals surface area (Å²) < 4.78 is 1.92. The Kier molecular flexibility index (Phi) is 4.78. The lowest BCUT2D eigenvalue weighted by Gasteiger charge is -2.16. The van der Waals surface area contributed by atoms with Crippen molar-refractivity contribution in [2.24, 2.45) is 0 Å². The highest BCUT2D eigenvalue weighted by Gasteiger charge is 2.17. The van der Waals surface area contributed by atoms with Crippen LogP contribution in [-0.2, 0) is 19.4 Å². The van der Waals surface area contributed by atoms with E-state index in [0.29, 0.717) is 13.1 Å². The molecule has 0 saturated heterocycles. The molecule has 2 N–H and O–H groups in total. The van der Waals surface area contributed by atoms with Crippen molar-refractivity contribution in [1.82, 2.24) is 25.1 Å². The Balaban J connectivity index is 1.65. The number of pyridine rings is 1. The first-order valence-corrected chi connectivity index (χ1v) is 8.47. The summed E-state index contributed by atoms with van der Waals surface area (Å²) in [5.41, 5.74) is 1.96. The largest absolute Gasteiger partial charge is 0.350 e. The molecule has 0 spiro atoms.